The number of carbonyl (C=O) groups is 3. The number of hydrogen-bond donors (Lipinski definition) is 1. The molecule has 0 bridgehead atoms. The van der Waals surface area contributed by atoms with E-state index in [1.54, 1.807) is 24.3 Å². The molecule has 0 saturated heterocycles. The van der Waals surface area contributed by atoms with Crippen molar-refractivity contribution in [1.29, 1.82) is 0 Å². The number of halogens is 1. The quantitative estimate of drug-likeness (QED) is 0.621. The standard InChI is InChI=1S/C23H25FN2O5/c1-15(2)25-22(28)7-4-10-26-19-11-16(8-9-21(19)31-14-23(26)29)20(27)13-30-18-6-3-5-17(24)12-18/h3,5-6,8-9,11-12,15H,4,7,10,13-14H2,1-2H3,(H,25,28). The lowest BCUT2D eigenvalue weighted by atomic mass is 10.1. The Labute approximate surface area is 180 Å². The van der Waals surface area contributed by atoms with Gasteiger partial charge in [-0.15, -0.1) is 0 Å². The minimum atomic E-state index is -0.452. The van der Waals surface area contributed by atoms with E-state index in [4.69, 9.17) is 9.47 Å². The van der Waals surface area contributed by atoms with Crippen LogP contribution in [-0.2, 0) is 9.59 Å². The highest BCUT2D eigenvalue weighted by molar-refractivity contribution is 6.02. The van der Waals surface area contributed by atoms with Gasteiger partial charge in [0.25, 0.3) is 5.91 Å². The van der Waals surface area contributed by atoms with E-state index in [0.29, 0.717) is 30.0 Å². The summed E-state index contributed by atoms with van der Waals surface area (Å²) < 4.78 is 24.1. The normalized spacial score (nSPS) is 12.9. The fourth-order valence-corrected chi connectivity index (χ4v) is 3.20. The summed E-state index contributed by atoms with van der Waals surface area (Å²) in [4.78, 5) is 38.3. The van der Waals surface area contributed by atoms with Crippen molar-refractivity contribution in [3.05, 3.63) is 53.8 Å². The monoisotopic (exact) mass is 428 g/mol. The van der Waals surface area contributed by atoms with Gasteiger partial charge >= 0.3 is 0 Å². The third-order valence-electron chi connectivity index (χ3n) is 4.63. The zero-order valence-electron chi connectivity index (χ0n) is 17.5. The number of hydrogen-bond acceptors (Lipinski definition) is 5. The van der Waals surface area contributed by atoms with E-state index in [9.17, 15) is 18.8 Å². The molecular formula is C23H25FN2O5. The average Bonchev–Trinajstić information content (AvgIpc) is 2.72. The summed E-state index contributed by atoms with van der Waals surface area (Å²) in [5.74, 6) is -0.333. The number of carbonyl (C=O) groups excluding carboxylic acids is 3. The summed E-state index contributed by atoms with van der Waals surface area (Å²) in [6, 6.07) is 10.4. The lowest BCUT2D eigenvalue weighted by Gasteiger charge is -2.29. The molecule has 7 nitrogen and oxygen atoms in total. The van der Waals surface area contributed by atoms with Crippen molar-refractivity contribution in [2.45, 2.75) is 32.7 Å². The molecule has 0 atom stereocenters. The van der Waals surface area contributed by atoms with Gasteiger partial charge in [-0.2, -0.15) is 0 Å². The first-order chi connectivity index (χ1) is 14.8. The number of Topliss-reactive ketones (excluding diaryl/α,β-unsaturated/α-hetero) is 1. The van der Waals surface area contributed by atoms with E-state index < -0.39 is 5.82 Å². The van der Waals surface area contributed by atoms with Crippen LogP contribution < -0.4 is 19.7 Å². The lowest BCUT2D eigenvalue weighted by Crippen LogP contribution is -2.40. The first kappa shape index (κ1) is 22.3. The van der Waals surface area contributed by atoms with Crippen molar-refractivity contribution in [3.63, 3.8) is 0 Å². The SMILES string of the molecule is CC(C)NC(=O)CCCN1C(=O)COc2ccc(C(=O)COc3cccc(F)c3)cc21. The van der Waals surface area contributed by atoms with Crippen molar-refractivity contribution in [2.75, 3.05) is 24.7 Å². The van der Waals surface area contributed by atoms with Crippen LogP contribution in [0.1, 0.15) is 37.0 Å². The molecule has 164 valence electrons. The summed E-state index contributed by atoms with van der Waals surface area (Å²) in [5.41, 5.74) is 0.827. The van der Waals surface area contributed by atoms with Crippen molar-refractivity contribution in [1.82, 2.24) is 5.32 Å². The van der Waals surface area contributed by atoms with Gasteiger partial charge in [0.2, 0.25) is 5.91 Å². The Kier molecular flexibility index (Phi) is 7.23. The fraction of sp³-hybridized carbons (Fsp3) is 0.348. The van der Waals surface area contributed by atoms with Crippen molar-refractivity contribution < 1.29 is 28.2 Å². The molecule has 1 heterocycles. The largest absolute Gasteiger partial charge is 0.485 e. The molecule has 1 aliphatic heterocycles. The number of nitrogens with one attached hydrogen (secondary N) is 1. The predicted molar refractivity (Wildman–Crippen MR) is 113 cm³/mol. The molecule has 2 amide bonds. The smallest absolute Gasteiger partial charge is 0.265 e. The molecule has 1 N–H and O–H groups in total. The fourth-order valence-electron chi connectivity index (χ4n) is 3.20. The Morgan fingerprint density at radius 1 is 1.23 bits per heavy atom. The summed E-state index contributed by atoms with van der Waals surface area (Å²) in [6.07, 6.45) is 0.767. The molecule has 0 unspecified atom stereocenters. The van der Waals surface area contributed by atoms with Crippen LogP contribution >= 0.6 is 0 Å². The maximum absolute atomic E-state index is 13.3. The summed E-state index contributed by atoms with van der Waals surface area (Å²) in [6.45, 7) is 3.73. The van der Waals surface area contributed by atoms with Crippen LogP contribution in [0, 0.1) is 5.82 Å². The molecule has 2 aromatic rings. The maximum Gasteiger partial charge on any atom is 0.265 e. The van der Waals surface area contributed by atoms with Gasteiger partial charge < -0.3 is 19.7 Å². The zero-order chi connectivity index (χ0) is 22.4. The van der Waals surface area contributed by atoms with Gasteiger partial charge in [0, 0.05) is 30.6 Å². The topological polar surface area (TPSA) is 84.9 Å². The molecule has 0 radical (unpaired) electrons. The Morgan fingerprint density at radius 2 is 2.03 bits per heavy atom. The number of rotatable bonds is 9. The second-order valence-corrected chi connectivity index (χ2v) is 7.51. The van der Waals surface area contributed by atoms with Crippen LogP contribution in [0.15, 0.2) is 42.5 Å². The van der Waals surface area contributed by atoms with Crippen LogP contribution in [0.5, 0.6) is 11.5 Å². The Hall–Kier alpha value is -3.42. The van der Waals surface area contributed by atoms with E-state index >= 15 is 0 Å². The van der Waals surface area contributed by atoms with E-state index in [0.717, 1.165) is 0 Å². The molecule has 0 spiro atoms. The molecule has 0 saturated carbocycles. The van der Waals surface area contributed by atoms with Crippen LogP contribution in [0.4, 0.5) is 10.1 Å². The van der Waals surface area contributed by atoms with Gasteiger partial charge in [-0.3, -0.25) is 14.4 Å². The van der Waals surface area contributed by atoms with Gasteiger partial charge in [-0.25, -0.2) is 4.39 Å². The second-order valence-electron chi connectivity index (χ2n) is 7.51. The average molecular weight is 428 g/mol. The van der Waals surface area contributed by atoms with E-state index in [1.807, 2.05) is 13.8 Å². The Balaban J connectivity index is 1.67. The van der Waals surface area contributed by atoms with Crippen molar-refractivity contribution in [3.8, 4) is 11.5 Å². The van der Waals surface area contributed by atoms with Gasteiger partial charge in [-0.1, -0.05) is 6.07 Å². The Morgan fingerprint density at radius 3 is 2.77 bits per heavy atom. The number of fused-ring (bicyclic) bond motifs is 1. The molecule has 8 heteroatoms. The third kappa shape index (κ3) is 6.04. The third-order valence-corrected chi connectivity index (χ3v) is 4.63. The number of amides is 2. The van der Waals surface area contributed by atoms with Crippen LogP contribution in [0.25, 0.3) is 0 Å². The number of anilines is 1. The lowest BCUT2D eigenvalue weighted by molar-refractivity contribution is -0.123. The second kappa shape index (κ2) is 10.1. The van der Waals surface area contributed by atoms with E-state index in [-0.39, 0.29) is 49.0 Å². The minimum absolute atomic E-state index is 0.0569. The van der Waals surface area contributed by atoms with E-state index in [1.165, 1.54) is 23.1 Å². The van der Waals surface area contributed by atoms with E-state index in [2.05, 4.69) is 5.32 Å². The number of ketones is 1. The number of ether oxygens (including phenoxy) is 2. The highest BCUT2D eigenvalue weighted by Crippen LogP contribution is 2.33. The van der Waals surface area contributed by atoms with Crippen LogP contribution in [0.2, 0.25) is 0 Å². The molecular weight excluding hydrogens is 403 g/mol. The van der Waals surface area contributed by atoms with Crippen molar-refractivity contribution >= 4 is 23.3 Å². The van der Waals surface area contributed by atoms with Gasteiger partial charge in [-0.05, 0) is 50.6 Å². The Bertz CT molecular complexity index is 976. The summed E-state index contributed by atoms with van der Waals surface area (Å²) in [5, 5.41) is 2.82. The van der Waals surface area contributed by atoms with Crippen LogP contribution in [-0.4, -0.2) is 43.4 Å². The number of nitrogens with zero attached hydrogens (tertiary/aromatic N) is 1. The highest BCUT2D eigenvalue weighted by Gasteiger charge is 2.26. The zero-order valence-corrected chi connectivity index (χ0v) is 17.5. The molecule has 2 aromatic carbocycles. The summed E-state index contributed by atoms with van der Waals surface area (Å²) >= 11 is 0. The minimum Gasteiger partial charge on any atom is -0.485 e. The van der Waals surface area contributed by atoms with Gasteiger partial charge in [0.05, 0.1) is 5.69 Å². The summed E-state index contributed by atoms with van der Waals surface area (Å²) in [7, 11) is 0. The molecule has 0 aromatic heterocycles. The molecule has 3 rings (SSSR count). The first-order valence-corrected chi connectivity index (χ1v) is 10.1. The number of benzene rings is 2. The maximum atomic E-state index is 13.3. The molecule has 1 aliphatic rings. The predicted octanol–water partition coefficient (Wildman–Crippen LogP) is 3.12. The highest BCUT2D eigenvalue weighted by atomic mass is 19.1. The molecule has 0 fully saturated rings. The van der Waals surface area contributed by atoms with Gasteiger partial charge in [0.1, 0.15) is 17.3 Å². The molecule has 0 aliphatic carbocycles. The van der Waals surface area contributed by atoms with Crippen molar-refractivity contribution in [2.24, 2.45) is 0 Å². The van der Waals surface area contributed by atoms with Gasteiger partial charge in [0.15, 0.2) is 19.0 Å². The first-order valence-electron chi connectivity index (χ1n) is 10.1. The van der Waals surface area contributed by atoms with Crippen LogP contribution in [0.3, 0.4) is 0 Å². The molecule has 31 heavy (non-hydrogen) atoms.